The van der Waals surface area contributed by atoms with Gasteiger partial charge in [0.25, 0.3) is 0 Å². The van der Waals surface area contributed by atoms with Crippen LogP contribution in [0.3, 0.4) is 0 Å². The average Bonchev–Trinajstić information content (AvgIpc) is 2.89. The van der Waals surface area contributed by atoms with Crippen molar-refractivity contribution >= 4 is 22.9 Å². The molecule has 3 aromatic rings. The van der Waals surface area contributed by atoms with E-state index < -0.39 is 0 Å². The number of aliphatic hydroxyl groups excluding tert-OH is 1. The van der Waals surface area contributed by atoms with Gasteiger partial charge in [0.05, 0.1) is 12.9 Å². The van der Waals surface area contributed by atoms with E-state index >= 15 is 0 Å². The van der Waals surface area contributed by atoms with Crippen molar-refractivity contribution in [3.8, 4) is 0 Å². The van der Waals surface area contributed by atoms with Crippen molar-refractivity contribution in [2.45, 2.75) is 16.5 Å². The molecule has 0 aliphatic rings. The van der Waals surface area contributed by atoms with E-state index in [1.807, 2.05) is 24.3 Å². The number of rotatable bonds is 3. The Morgan fingerprint density at radius 2 is 2.06 bits per heavy atom. The van der Waals surface area contributed by atoms with Gasteiger partial charge in [-0.3, -0.25) is 0 Å². The third-order valence-corrected chi connectivity index (χ3v) is 3.66. The van der Waals surface area contributed by atoms with Crippen LogP contribution in [0.2, 0.25) is 0 Å². The fourth-order valence-corrected chi connectivity index (χ4v) is 2.63. The predicted molar refractivity (Wildman–Crippen MR) is 68.2 cm³/mol. The Morgan fingerprint density at radius 1 is 1.17 bits per heavy atom. The molecule has 3 rings (SSSR count). The summed E-state index contributed by atoms with van der Waals surface area (Å²) in [6.07, 6.45) is 3.09. The number of aromatic nitrogens is 4. The fourth-order valence-electron chi connectivity index (χ4n) is 1.66. The van der Waals surface area contributed by atoms with Crippen LogP contribution in [0.5, 0.6) is 0 Å². The molecule has 0 spiro atoms. The van der Waals surface area contributed by atoms with E-state index in [1.165, 1.54) is 18.1 Å². The summed E-state index contributed by atoms with van der Waals surface area (Å²) in [5.41, 5.74) is 2.35. The van der Waals surface area contributed by atoms with Gasteiger partial charge in [-0.1, -0.05) is 30.0 Å². The van der Waals surface area contributed by atoms with Gasteiger partial charge in [-0.15, -0.1) is 0 Å². The van der Waals surface area contributed by atoms with Gasteiger partial charge >= 0.3 is 0 Å². The topological polar surface area (TPSA) is 74.7 Å². The van der Waals surface area contributed by atoms with Crippen LogP contribution in [0.4, 0.5) is 0 Å². The van der Waals surface area contributed by atoms with Crippen LogP contribution in [-0.2, 0) is 6.61 Å². The molecule has 18 heavy (non-hydrogen) atoms. The maximum Gasteiger partial charge on any atom is 0.181 e. The number of fused-ring (bicyclic) bond motifs is 1. The van der Waals surface area contributed by atoms with E-state index in [-0.39, 0.29) is 6.61 Å². The number of hydrogen-bond acceptors (Lipinski definition) is 5. The van der Waals surface area contributed by atoms with Gasteiger partial charge in [-0.2, -0.15) is 0 Å². The van der Waals surface area contributed by atoms with Crippen molar-refractivity contribution in [2.24, 2.45) is 0 Å². The molecule has 0 amide bonds. The first-order valence-electron chi connectivity index (χ1n) is 5.39. The molecule has 5 nitrogen and oxygen atoms in total. The highest BCUT2D eigenvalue weighted by molar-refractivity contribution is 7.99. The fraction of sp³-hybridized carbons (Fsp3) is 0.0833. The Morgan fingerprint density at radius 3 is 2.94 bits per heavy atom. The molecule has 0 unspecified atom stereocenters. The molecule has 90 valence electrons. The summed E-state index contributed by atoms with van der Waals surface area (Å²) in [4.78, 5) is 16.4. The Balaban J connectivity index is 2.04. The monoisotopic (exact) mass is 258 g/mol. The van der Waals surface area contributed by atoms with Crippen LogP contribution in [0.25, 0.3) is 11.2 Å². The highest BCUT2D eigenvalue weighted by Crippen LogP contribution is 2.31. The van der Waals surface area contributed by atoms with E-state index in [4.69, 9.17) is 0 Å². The smallest absolute Gasteiger partial charge is 0.181 e. The van der Waals surface area contributed by atoms with Gasteiger partial charge in [0, 0.05) is 4.90 Å². The van der Waals surface area contributed by atoms with Crippen molar-refractivity contribution in [1.29, 1.82) is 0 Å². The third kappa shape index (κ3) is 1.96. The van der Waals surface area contributed by atoms with Gasteiger partial charge in [0.15, 0.2) is 5.65 Å². The summed E-state index contributed by atoms with van der Waals surface area (Å²) in [5, 5.41) is 10.1. The zero-order chi connectivity index (χ0) is 12.4. The highest BCUT2D eigenvalue weighted by atomic mass is 32.2. The molecule has 2 heterocycles. The lowest BCUT2D eigenvalue weighted by molar-refractivity contribution is 0.279. The van der Waals surface area contributed by atoms with E-state index in [0.717, 1.165) is 21.0 Å². The molecule has 1 aromatic carbocycles. The average molecular weight is 258 g/mol. The van der Waals surface area contributed by atoms with E-state index in [9.17, 15) is 5.11 Å². The van der Waals surface area contributed by atoms with Crippen molar-refractivity contribution in [2.75, 3.05) is 0 Å². The minimum absolute atomic E-state index is 0.0143. The van der Waals surface area contributed by atoms with Crippen molar-refractivity contribution < 1.29 is 5.11 Å². The number of nitrogens with zero attached hydrogens (tertiary/aromatic N) is 3. The first kappa shape index (κ1) is 11.2. The van der Waals surface area contributed by atoms with Crippen LogP contribution in [-0.4, -0.2) is 25.0 Å². The summed E-state index contributed by atoms with van der Waals surface area (Å²) >= 11 is 1.49. The van der Waals surface area contributed by atoms with Gasteiger partial charge in [0.2, 0.25) is 0 Å². The number of benzene rings is 1. The van der Waals surface area contributed by atoms with Crippen LogP contribution < -0.4 is 0 Å². The standard InChI is InChI=1S/C12H10N4OS/c17-5-8-3-1-2-4-9(8)18-12-10-11(14-6-13-10)15-7-16-12/h1-4,6-7,17H,5H2,(H,13,14,15,16). The number of hydrogen-bond donors (Lipinski definition) is 2. The summed E-state index contributed by atoms with van der Waals surface area (Å²) in [6.45, 7) is 0.0143. The number of aromatic amines is 1. The maximum atomic E-state index is 9.30. The molecule has 0 aliphatic carbocycles. The third-order valence-electron chi connectivity index (χ3n) is 2.54. The van der Waals surface area contributed by atoms with Crippen LogP contribution in [0, 0.1) is 0 Å². The zero-order valence-corrected chi connectivity index (χ0v) is 10.2. The van der Waals surface area contributed by atoms with Gasteiger partial charge in [-0.05, 0) is 11.6 Å². The second kappa shape index (κ2) is 4.75. The number of imidazole rings is 1. The molecule has 0 aliphatic heterocycles. The molecule has 0 bridgehead atoms. The first-order chi connectivity index (χ1) is 8.88. The Kier molecular flexibility index (Phi) is 2.95. The normalized spacial score (nSPS) is 10.9. The zero-order valence-electron chi connectivity index (χ0n) is 9.37. The molecule has 0 atom stereocenters. The maximum absolute atomic E-state index is 9.30. The molecular weight excluding hydrogens is 248 g/mol. The van der Waals surface area contributed by atoms with Crippen LogP contribution in [0.1, 0.15) is 5.56 Å². The number of aliphatic hydroxyl groups is 1. The summed E-state index contributed by atoms with van der Waals surface area (Å²) < 4.78 is 0. The second-order valence-corrected chi connectivity index (χ2v) is 4.68. The molecular formula is C12H10N4OS. The Bertz CT molecular complexity index is 682. The Labute approximate surface area is 107 Å². The van der Waals surface area contributed by atoms with E-state index in [1.54, 1.807) is 6.33 Å². The summed E-state index contributed by atoms with van der Waals surface area (Å²) in [7, 11) is 0. The SMILES string of the molecule is OCc1ccccc1Sc1ncnc2nc[nH]c12. The number of nitrogens with one attached hydrogen (secondary N) is 1. The first-order valence-corrected chi connectivity index (χ1v) is 6.21. The van der Waals surface area contributed by atoms with Crippen molar-refractivity contribution in [1.82, 2.24) is 19.9 Å². The quantitative estimate of drug-likeness (QED) is 0.703. The predicted octanol–water partition coefficient (Wildman–Crippen LogP) is 2.00. The molecule has 0 saturated heterocycles. The van der Waals surface area contributed by atoms with Crippen molar-refractivity contribution in [3.63, 3.8) is 0 Å². The molecule has 0 saturated carbocycles. The van der Waals surface area contributed by atoms with Gasteiger partial charge in [-0.25, -0.2) is 15.0 Å². The minimum Gasteiger partial charge on any atom is -0.392 e. The molecule has 6 heteroatoms. The summed E-state index contributed by atoms with van der Waals surface area (Å²) in [5.74, 6) is 0. The van der Waals surface area contributed by atoms with E-state index in [0.29, 0.717) is 5.65 Å². The molecule has 0 radical (unpaired) electrons. The second-order valence-electron chi connectivity index (χ2n) is 3.65. The van der Waals surface area contributed by atoms with E-state index in [2.05, 4.69) is 19.9 Å². The summed E-state index contributed by atoms with van der Waals surface area (Å²) in [6, 6.07) is 7.70. The lowest BCUT2D eigenvalue weighted by Gasteiger charge is -2.06. The largest absolute Gasteiger partial charge is 0.392 e. The lowest BCUT2D eigenvalue weighted by atomic mass is 10.2. The molecule has 2 N–H and O–H groups in total. The minimum atomic E-state index is 0.0143. The molecule has 0 fully saturated rings. The molecule has 2 aromatic heterocycles. The number of H-pyrrole nitrogens is 1. The van der Waals surface area contributed by atoms with Gasteiger partial charge in [0.1, 0.15) is 16.9 Å². The van der Waals surface area contributed by atoms with Crippen LogP contribution in [0.15, 0.2) is 46.8 Å². The van der Waals surface area contributed by atoms with Gasteiger partial charge < -0.3 is 10.1 Å². The highest BCUT2D eigenvalue weighted by Gasteiger charge is 2.09. The van der Waals surface area contributed by atoms with Crippen LogP contribution >= 0.6 is 11.8 Å². The Hall–Kier alpha value is -1.92. The lowest BCUT2D eigenvalue weighted by Crippen LogP contribution is -1.89. The van der Waals surface area contributed by atoms with Crippen molar-refractivity contribution in [3.05, 3.63) is 42.5 Å².